The SMILES string of the molecule is CN(C)CC(=O)NCC[C@H]1CCCN1. The molecule has 1 heterocycles. The summed E-state index contributed by atoms with van der Waals surface area (Å²) in [5.41, 5.74) is 0. The molecule has 1 atom stereocenters. The molecule has 1 amide bonds. The van der Waals surface area contributed by atoms with Crippen LogP contribution in [0.1, 0.15) is 19.3 Å². The molecule has 4 heteroatoms. The van der Waals surface area contributed by atoms with Crippen molar-refractivity contribution in [1.82, 2.24) is 15.5 Å². The first kappa shape index (κ1) is 11.5. The maximum absolute atomic E-state index is 11.3. The molecule has 0 aromatic carbocycles. The van der Waals surface area contributed by atoms with Crippen LogP contribution in [0, 0.1) is 0 Å². The Bertz CT molecular complexity index is 176. The van der Waals surface area contributed by atoms with Crippen molar-refractivity contribution in [3.05, 3.63) is 0 Å². The summed E-state index contributed by atoms with van der Waals surface area (Å²) in [6.07, 6.45) is 3.58. The van der Waals surface area contributed by atoms with Gasteiger partial charge < -0.3 is 15.5 Å². The fourth-order valence-electron chi connectivity index (χ4n) is 1.73. The summed E-state index contributed by atoms with van der Waals surface area (Å²) < 4.78 is 0. The molecule has 1 saturated heterocycles. The van der Waals surface area contributed by atoms with Gasteiger partial charge in [0, 0.05) is 12.6 Å². The van der Waals surface area contributed by atoms with E-state index in [1.165, 1.54) is 12.8 Å². The van der Waals surface area contributed by atoms with Gasteiger partial charge in [0.2, 0.25) is 5.91 Å². The Balaban J connectivity index is 1.99. The molecule has 0 aliphatic carbocycles. The zero-order valence-electron chi connectivity index (χ0n) is 9.18. The lowest BCUT2D eigenvalue weighted by atomic mass is 10.1. The molecule has 0 spiro atoms. The van der Waals surface area contributed by atoms with E-state index >= 15 is 0 Å². The van der Waals surface area contributed by atoms with Gasteiger partial charge in [0.25, 0.3) is 0 Å². The van der Waals surface area contributed by atoms with E-state index in [2.05, 4.69) is 10.6 Å². The molecule has 0 bridgehead atoms. The molecule has 1 fully saturated rings. The van der Waals surface area contributed by atoms with E-state index in [9.17, 15) is 4.79 Å². The van der Waals surface area contributed by atoms with Crippen LogP contribution in [0.25, 0.3) is 0 Å². The number of carbonyl (C=O) groups is 1. The maximum atomic E-state index is 11.3. The number of carbonyl (C=O) groups excluding carboxylic acids is 1. The van der Waals surface area contributed by atoms with Crippen LogP contribution in [0.5, 0.6) is 0 Å². The lowest BCUT2D eigenvalue weighted by Gasteiger charge is -2.12. The molecule has 14 heavy (non-hydrogen) atoms. The van der Waals surface area contributed by atoms with E-state index in [-0.39, 0.29) is 5.91 Å². The van der Waals surface area contributed by atoms with Gasteiger partial charge in [-0.15, -0.1) is 0 Å². The third-order valence-electron chi connectivity index (χ3n) is 2.44. The fraction of sp³-hybridized carbons (Fsp3) is 0.900. The highest BCUT2D eigenvalue weighted by molar-refractivity contribution is 5.77. The summed E-state index contributed by atoms with van der Waals surface area (Å²) >= 11 is 0. The Hall–Kier alpha value is -0.610. The smallest absolute Gasteiger partial charge is 0.234 e. The Morgan fingerprint density at radius 2 is 2.36 bits per heavy atom. The van der Waals surface area contributed by atoms with E-state index < -0.39 is 0 Å². The van der Waals surface area contributed by atoms with Gasteiger partial charge >= 0.3 is 0 Å². The highest BCUT2D eigenvalue weighted by Crippen LogP contribution is 2.07. The van der Waals surface area contributed by atoms with Crippen molar-refractivity contribution in [3.8, 4) is 0 Å². The van der Waals surface area contributed by atoms with Crippen LogP contribution in [-0.2, 0) is 4.79 Å². The maximum Gasteiger partial charge on any atom is 0.234 e. The number of rotatable bonds is 5. The van der Waals surface area contributed by atoms with E-state index in [1.54, 1.807) is 0 Å². The summed E-state index contributed by atoms with van der Waals surface area (Å²) in [5.74, 6) is 0.119. The number of hydrogen-bond donors (Lipinski definition) is 2. The number of hydrogen-bond acceptors (Lipinski definition) is 3. The minimum absolute atomic E-state index is 0.119. The average molecular weight is 199 g/mol. The van der Waals surface area contributed by atoms with E-state index in [4.69, 9.17) is 0 Å². The summed E-state index contributed by atoms with van der Waals surface area (Å²) in [6, 6.07) is 0.620. The minimum atomic E-state index is 0.119. The van der Waals surface area contributed by atoms with E-state index in [0.717, 1.165) is 19.5 Å². The molecule has 82 valence electrons. The summed E-state index contributed by atoms with van der Waals surface area (Å²) in [4.78, 5) is 13.1. The molecule has 0 unspecified atom stereocenters. The Morgan fingerprint density at radius 3 is 2.93 bits per heavy atom. The lowest BCUT2D eigenvalue weighted by molar-refractivity contribution is -0.121. The van der Waals surface area contributed by atoms with Gasteiger partial charge in [0.05, 0.1) is 6.54 Å². The Morgan fingerprint density at radius 1 is 1.57 bits per heavy atom. The predicted molar refractivity (Wildman–Crippen MR) is 57.2 cm³/mol. The second kappa shape index (κ2) is 5.98. The first-order chi connectivity index (χ1) is 6.68. The van der Waals surface area contributed by atoms with Gasteiger partial charge in [0.15, 0.2) is 0 Å². The summed E-state index contributed by atoms with van der Waals surface area (Å²) in [6.45, 7) is 2.42. The summed E-state index contributed by atoms with van der Waals surface area (Å²) in [5, 5.41) is 6.33. The van der Waals surface area contributed by atoms with Crippen LogP contribution in [-0.4, -0.2) is 50.6 Å². The van der Waals surface area contributed by atoms with Crippen molar-refractivity contribution >= 4 is 5.91 Å². The minimum Gasteiger partial charge on any atom is -0.355 e. The highest BCUT2D eigenvalue weighted by Gasteiger charge is 2.13. The number of amides is 1. The van der Waals surface area contributed by atoms with Crippen LogP contribution in [0.3, 0.4) is 0 Å². The molecule has 0 saturated carbocycles. The van der Waals surface area contributed by atoms with Gasteiger partial charge in [-0.05, 0) is 39.9 Å². The molecule has 0 aromatic rings. The molecule has 1 aliphatic rings. The van der Waals surface area contributed by atoms with Crippen molar-refractivity contribution in [1.29, 1.82) is 0 Å². The Kier molecular flexibility index (Phi) is 4.90. The molecule has 0 radical (unpaired) electrons. The number of likely N-dealkylation sites (N-methyl/N-ethyl adjacent to an activating group) is 1. The average Bonchev–Trinajstić information content (AvgIpc) is 2.55. The molecular formula is C10H21N3O. The lowest BCUT2D eigenvalue weighted by Crippen LogP contribution is -2.36. The van der Waals surface area contributed by atoms with Gasteiger partial charge in [0.1, 0.15) is 0 Å². The van der Waals surface area contributed by atoms with E-state index in [0.29, 0.717) is 12.6 Å². The van der Waals surface area contributed by atoms with Crippen molar-refractivity contribution < 1.29 is 4.79 Å². The number of nitrogens with one attached hydrogen (secondary N) is 2. The van der Waals surface area contributed by atoms with Crippen molar-refractivity contribution in [2.45, 2.75) is 25.3 Å². The molecule has 1 rings (SSSR count). The van der Waals surface area contributed by atoms with Gasteiger partial charge in [-0.25, -0.2) is 0 Å². The standard InChI is InChI=1S/C10H21N3O/c1-13(2)8-10(14)12-7-5-9-4-3-6-11-9/h9,11H,3-8H2,1-2H3,(H,12,14)/t9-/m1/s1. The molecule has 0 aromatic heterocycles. The van der Waals surface area contributed by atoms with Gasteiger partial charge in [-0.3, -0.25) is 4.79 Å². The third-order valence-corrected chi connectivity index (χ3v) is 2.44. The second-order valence-corrected chi connectivity index (χ2v) is 4.17. The monoisotopic (exact) mass is 199 g/mol. The van der Waals surface area contributed by atoms with Crippen LogP contribution in [0.4, 0.5) is 0 Å². The zero-order chi connectivity index (χ0) is 10.4. The first-order valence-electron chi connectivity index (χ1n) is 5.33. The molecule has 1 aliphatic heterocycles. The summed E-state index contributed by atoms with van der Waals surface area (Å²) in [7, 11) is 3.80. The zero-order valence-corrected chi connectivity index (χ0v) is 9.18. The van der Waals surface area contributed by atoms with Crippen LogP contribution < -0.4 is 10.6 Å². The third kappa shape index (κ3) is 4.58. The number of nitrogens with zero attached hydrogens (tertiary/aromatic N) is 1. The van der Waals surface area contributed by atoms with Crippen LogP contribution in [0.2, 0.25) is 0 Å². The van der Waals surface area contributed by atoms with Gasteiger partial charge in [-0.1, -0.05) is 0 Å². The predicted octanol–water partition coefficient (Wildman–Crippen LogP) is -0.194. The van der Waals surface area contributed by atoms with Crippen LogP contribution >= 0.6 is 0 Å². The Labute approximate surface area is 86.0 Å². The fourth-order valence-corrected chi connectivity index (χ4v) is 1.73. The van der Waals surface area contributed by atoms with Crippen molar-refractivity contribution in [2.75, 3.05) is 33.7 Å². The molecular weight excluding hydrogens is 178 g/mol. The topological polar surface area (TPSA) is 44.4 Å². The second-order valence-electron chi connectivity index (χ2n) is 4.17. The van der Waals surface area contributed by atoms with E-state index in [1.807, 2.05) is 19.0 Å². The van der Waals surface area contributed by atoms with Crippen LogP contribution in [0.15, 0.2) is 0 Å². The molecule has 4 nitrogen and oxygen atoms in total. The normalized spacial score (nSPS) is 21.5. The van der Waals surface area contributed by atoms with Crippen molar-refractivity contribution in [2.24, 2.45) is 0 Å². The quantitative estimate of drug-likeness (QED) is 0.645. The van der Waals surface area contributed by atoms with Gasteiger partial charge in [-0.2, -0.15) is 0 Å². The first-order valence-corrected chi connectivity index (χ1v) is 5.33. The highest BCUT2D eigenvalue weighted by atomic mass is 16.1. The molecule has 2 N–H and O–H groups in total. The van der Waals surface area contributed by atoms with Crippen molar-refractivity contribution in [3.63, 3.8) is 0 Å². The largest absolute Gasteiger partial charge is 0.355 e.